The van der Waals surface area contributed by atoms with E-state index in [-0.39, 0.29) is 5.82 Å². The normalized spacial score (nSPS) is 10.2. The molecule has 0 aliphatic heterocycles. The van der Waals surface area contributed by atoms with E-state index in [0.29, 0.717) is 24.1 Å². The maximum atomic E-state index is 10.6. The molecule has 0 fully saturated rings. The third-order valence-corrected chi connectivity index (χ3v) is 2.84. The molecule has 0 radical (unpaired) electrons. The Labute approximate surface area is 111 Å². The number of nitrogens with two attached hydrogens (primary N) is 1. The molecular formula is C14H15N3O2. The number of carbonyl (C=O) groups excluding carboxylic acids is 1. The van der Waals surface area contributed by atoms with Gasteiger partial charge in [0.2, 0.25) is 0 Å². The number of hydrogen-bond acceptors (Lipinski definition) is 5. The van der Waals surface area contributed by atoms with Gasteiger partial charge in [-0.25, -0.2) is 9.97 Å². The number of benzene rings is 1. The van der Waals surface area contributed by atoms with Gasteiger partial charge in [-0.3, -0.25) is 4.79 Å². The molecule has 0 atom stereocenters. The minimum absolute atomic E-state index is 0.222. The number of ether oxygens (including phenoxy) is 1. The highest BCUT2D eigenvalue weighted by Gasteiger charge is 2.06. The quantitative estimate of drug-likeness (QED) is 0.824. The Bertz CT molecular complexity index is 585. The lowest BCUT2D eigenvalue weighted by molar-refractivity contribution is 0.112. The predicted octanol–water partition coefficient (Wildman–Crippen LogP) is 1.67. The number of para-hydroxylation sites is 1. The van der Waals surface area contributed by atoms with Crippen molar-refractivity contribution in [1.82, 2.24) is 9.97 Å². The zero-order valence-electron chi connectivity index (χ0n) is 10.7. The number of anilines is 1. The molecule has 0 unspecified atom stereocenters. The summed E-state index contributed by atoms with van der Waals surface area (Å²) in [7, 11) is 1.65. The molecule has 1 heterocycles. The van der Waals surface area contributed by atoms with E-state index in [1.165, 1.54) is 6.20 Å². The highest BCUT2D eigenvalue weighted by atomic mass is 16.5. The molecule has 0 saturated carbocycles. The van der Waals surface area contributed by atoms with Crippen molar-refractivity contribution in [2.24, 2.45) is 0 Å². The standard InChI is InChI=1S/C14H15N3O2/c1-19-12-5-3-2-4-10(12)6-7-13-16-8-11(9-18)14(15)17-13/h2-5,8-9H,6-7H2,1H3,(H2,15,16,17). The molecule has 1 aromatic heterocycles. The largest absolute Gasteiger partial charge is 0.496 e. The van der Waals surface area contributed by atoms with Crippen molar-refractivity contribution in [2.75, 3.05) is 12.8 Å². The number of rotatable bonds is 5. The second kappa shape index (κ2) is 5.95. The maximum Gasteiger partial charge on any atom is 0.155 e. The van der Waals surface area contributed by atoms with Crippen LogP contribution in [0.2, 0.25) is 0 Å². The minimum atomic E-state index is 0.222. The van der Waals surface area contributed by atoms with Gasteiger partial charge >= 0.3 is 0 Å². The molecule has 5 heteroatoms. The van der Waals surface area contributed by atoms with Gasteiger partial charge in [-0.1, -0.05) is 18.2 Å². The molecule has 0 aliphatic rings. The van der Waals surface area contributed by atoms with Gasteiger partial charge in [-0.15, -0.1) is 0 Å². The lowest BCUT2D eigenvalue weighted by atomic mass is 10.1. The van der Waals surface area contributed by atoms with Crippen molar-refractivity contribution in [3.63, 3.8) is 0 Å². The van der Waals surface area contributed by atoms with Crippen molar-refractivity contribution in [1.29, 1.82) is 0 Å². The summed E-state index contributed by atoms with van der Waals surface area (Å²) in [4.78, 5) is 18.9. The number of aromatic nitrogens is 2. The fraction of sp³-hybridized carbons (Fsp3) is 0.214. The van der Waals surface area contributed by atoms with E-state index >= 15 is 0 Å². The molecule has 19 heavy (non-hydrogen) atoms. The van der Waals surface area contributed by atoms with Crippen molar-refractivity contribution in [2.45, 2.75) is 12.8 Å². The fourth-order valence-electron chi connectivity index (χ4n) is 1.81. The Balaban J connectivity index is 2.10. The van der Waals surface area contributed by atoms with E-state index in [2.05, 4.69) is 9.97 Å². The van der Waals surface area contributed by atoms with Crippen LogP contribution >= 0.6 is 0 Å². The van der Waals surface area contributed by atoms with Crippen LogP contribution in [0.25, 0.3) is 0 Å². The highest BCUT2D eigenvalue weighted by Crippen LogP contribution is 2.19. The molecule has 5 nitrogen and oxygen atoms in total. The van der Waals surface area contributed by atoms with Crippen LogP contribution in [-0.4, -0.2) is 23.4 Å². The van der Waals surface area contributed by atoms with Gasteiger partial charge in [-0.2, -0.15) is 0 Å². The first-order valence-electron chi connectivity index (χ1n) is 5.93. The Morgan fingerprint density at radius 2 is 2.11 bits per heavy atom. The second-order valence-electron chi connectivity index (χ2n) is 4.06. The Morgan fingerprint density at radius 3 is 2.79 bits per heavy atom. The molecule has 0 bridgehead atoms. The first-order valence-corrected chi connectivity index (χ1v) is 5.93. The number of nitrogen functional groups attached to an aromatic ring is 1. The van der Waals surface area contributed by atoms with Crippen LogP contribution in [0, 0.1) is 0 Å². The fourth-order valence-corrected chi connectivity index (χ4v) is 1.81. The third-order valence-electron chi connectivity index (χ3n) is 2.84. The van der Waals surface area contributed by atoms with Gasteiger partial charge < -0.3 is 10.5 Å². The zero-order valence-corrected chi connectivity index (χ0v) is 10.7. The molecule has 2 N–H and O–H groups in total. The molecule has 98 valence electrons. The van der Waals surface area contributed by atoms with E-state index in [9.17, 15) is 4.79 Å². The van der Waals surface area contributed by atoms with Crippen LogP contribution in [0.3, 0.4) is 0 Å². The lowest BCUT2D eigenvalue weighted by Crippen LogP contribution is -2.05. The van der Waals surface area contributed by atoms with Crippen molar-refractivity contribution < 1.29 is 9.53 Å². The third kappa shape index (κ3) is 3.07. The monoisotopic (exact) mass is 257 g/mol. The van der Waals surface area contributed by atoms with Gasteiger partial charge in [0, 0.05) is 12.6 Å². The average Bonchev–Trinajstić information content (AvgIpc) is 2.45. The Hall–Kier alpha value is -2.43. The van der Waals surface area contributed by atoms with Gasteiger partial charge in [0.1, 0.15) is 17.4 Å². The van der Waals surface area contributed by atoms with E-state index < -0.39 is 0 Å². The maximum absolute atomic E-state index is 10.6. The number of aldehydes is 1. The topological polar surface area (TPSA) is 78.1 Å². The van der Waals surface area contributed by atoms with Crippen LogP contribution in [0.4, 0.5) is 5.82 Å². The molecule has 0 saturated heterocycles. The lowest BCUT2D eigenvalue weighted by Gasteiger charge is -2.07. The van der Waals surface area contributed by atoms with Gasteiger partial charge in [0.05, 0.1) is 12.7 Å². The summed E-state index contributed by atoms with van der Waals surface area (Å²) in [5.74, 6) is 1.69. The van der Waals surface area contributed by atoms with Gasteiger partial charge in [0.25, 0.3) is 0 Å². The summed E-state index contributed by atoms with van der Waals surface area (Å²) in [6, 6.07) is 7.81. The molecule has 0 aliphatic carbocycles. The van der Waals surface area contributed by atoms with Crippen molar-refractivity contribution in [3.8, 4) is 5.75 Å². The van der Waals surface area contributed by atoms with Crippen LogP contribution in [0.5, 0.6) is 5.75 Å². The molecule has 1 aromatic carbocycles. The SMILES string of the molecule is COc1ccccc1CCc1ncc(C=O)c(N)n1. The predicted molar refractivity (Wildman–Crippen MR) is 72.2 cm³/mol. The second-order valence-corrected chi connectivity index (χ2v) is 4.06. The molecule has 0 spiro atoms. The van der Waals surface area contributed by atoms with E-state index in [0.717, 1.165) is 17.7 Å². The van der Waals surface area contributed by atoms with Crippen molar-refractivity contribution >= 4 is 12.1 Å². The highest BCUT2D eigenvalue weighted by molar-refractivity contribution is 5.80. The smallest absolute Gasteiger partial charge is 0.155 e. The molecular weight excluding hydrogens is 242 g/mol. The van der Waals surface area contributed by atoms with E-state index in [4.69, 9.17) is 10.5 Å². The van der Waals surface area contributed by atoms with E-state index in [1.54, 1.807) is 7.11 Å². The number of nitrogens with zero attached hydrogens (tertiary/aromatic N) is 2. The summed E-state index contributed by atoms with van der Waals surface area (Å²) >= 11 is 0. The van der Waals surface area contributed by atoms with Gasteiger partial charge in [-0.05, 0) is 18.1 Å². The average molecular weight is 257 g/mol. The molecule has 2 rings (SSSR count). The number of hydrogen-bond donors (Lipinski definition) is 1. The Morgan fingerprint density at radius 1 is 1.32 bits per heavy atom. The van der Waals surface area contributed by atoms with E-state index in [1.807, 2.05) is 24.3 Å². The summed E-state index contributed by atoms with van der Waals surface area (Å²) in [6.07, 6.45) is 3.50. The summed E-state index contributed by atoms with van der Waals surface area (Å²) in [5.41, 5.74) is 7.06. The number of carbonyl (C=O) groups is 1. The minimum Gasteiger partial charge on any atom is -0.496 e. The summed E-state index contributed by atoms with van der Waals surface area (Å²) < 4.78 is 5.28. The summed E-state index contributed by atoms with van der Waals surface area (Å²) in [5, 5.41) is 0. The summed E-state index contributed by atoms with van der Waals surface area (Å²) in [6.45, 7) is 0. The zero-order chi connectivity index (χ0) is 13.7. The first-order chi connectivity index (χ1) is 9.24. The number of aryl methyl sites for hydroxylation is 2. The Kier molecular flexibility index (Phi) is 4.07. The van der Waals surface area contributed by atoms with Crippen molar-refractivity contribution in [3.05, 3.63) is 47.4 Å². The van der Waals surface area contributed by atoms with Crippen LogP contribution < -0.4 is 10.5 Å². The van der Waals surface area contributed by atoms with Crippen LogP contribution in [0.15, 0.2) is 30.5 Å². The van der Waals surface area contributed by atoms with Gasteiger partial charge in [0.15, 0.2) is 6.29 Å². The number of methoxy groups -OCH3 is 1. The van der Waals surface area contributed by atoms with Crippen LogP contribution in [0.1, 0.15) is 21.7 Å². The molecule has 0 amide bonds. The first kappa shape index (κ1) is 13.0. The van der Waals surface area contributed by atoms with Crippen LogP contribution in [-0.2, 0) is 12.8 Å². The molecule has 2 aromatic rings.